The molecule has 0 amide bonds. The molecule has 8 nitrogen and oxygen atoms in total. The van der Waals surface area contributed by atoms with Crippen molar-refractivity contribution in [3.63, 3.8) is 0 Å². The Balaban J connectivity index is 2.14. The number of rotatable bonds is 2. The Morgan fingerprint density at radius 2 is 2.25 bits per heavy atom. The van der Waals surface area contributed by atoms with Gasteiger partial charge in [-0.3, -0.25) is 14.9 Å². The topological polar surface area (TPSA) is 114 Å². The molecule has 0 aliphatic carbocycles. The van der Waals surface area contributed by atoms with Crippen LogP contribution in [-0.2, 0) is 0 Å². The highest BCUT2D eigenvalue weighted by Crippen LogP contribution is 2.26. The van der Waals surface area contributed by atoms with Crippen molar-refractivity contribution >= 4 is 22.8 Å². The van der Waals surface area contributed by atoms with Crippen molar-refractivity contribution < 1.29 is 0 Å². The number of nitrogens with zero attached hydrogens (tertiary/aromatic N) is 5. The maximum atomic E-state index is 11.8. The quantitative estimate of drug-likeness (QED) is 0.689. The third-order valence-electron chi connectivity index (χ3n) is 2.66. The van der Waals surface area contributed by atoms with Gasteiger partial charge in [0.25, 0.3) is 5.56 Å². The Kier molecular flexibility index (Phi) is 2.75. The van der Waals surface area contributed by atoms with Gasteiger partial charge in [-0.2, -0.15) is 4.52 Å². The molecule has 0 unspecified atom stereocenters. The molecule has 0 bridgehead atoms. The molecule has 3 N–H and O–H groups in total. The maximum absolute atomic E-state index is 11.8. The summed E-state index contributed by atoms with van der Waals surface area (Å²) in [7, 11) is 0. The SMILES string of the molecule is Cc1cc(=O)n2[nH]c(N)c(N=Nc3cccnc3)c2n1. The second-order valence-electron chi connectivity index (χ2n) is 4.18. The van der Waals surface area contributed by atoms with Crippen molar-refractivity contribution in [2.24, 2.45) is 10.2 Å². The van der Waals surface area contributed by atoms with Crippen LogP contribution in [0.15, 0.2) is 45.6 Å². The number of aromatic amines is 1. The summed E-state index contributed by atoms with van der Waals surface area (Å²) in [4.78, 5) is 20.0. The van der Waals surface area contributed by atoms with Gasteiger partial charge in [-0.05, 0) is 19.1 Å². The molecule has 0 saturated carbocycles. The molecule has 0 spiro atoms. The summed E-state index contributed by atoms with van der Waals surface area (Å²) < 4.78 is 1.24. The van der Waals surface area contributed by atoms with E-state index < -0.39 is 0 Å². The second-order valence-corrected chi connectivity index (χ2v) is 4.18. The number of pyridine rings is 1. The summed E-state index contributed by atoms with van der Waals surface area (Å²) in [5.41, 5.74) is 7.41. The van der Waals surface area contributed by atoms with E-state index in [0.717, 1.165) is 0 Å². The molecular weight excluding hydrogens is 258 g/mol. The Labute approximate surface area is 113 Å². The van der Waals surface area contributed by atoms with Crippen LogP contribution in [0, 0.1) is 6.92 Å². The smallest absolute Gasteiger partial charge is 0.273 e. The van der Waals surface area contributed by atoms with Crippen LogP contribution in [0.1, 0.15) is 5.69 Å². The molecule has 0 radical (unpaired) electrons. The predicted molar refractivity (Wildman–Crippen MR) is 73.4 cm³/mol. The summed E-state index contributed by atoms with van der Waals surface area (Å²) in [5, 5.41) is 10.8. The van der Waals surface area contributed by atoms with Crippen molar-refractivity contribution in [3.05, 3.63) is 46.6 Å². The number of anilines is 1. The number of azo groups is 1. The minimum absolute atomic E-state index is 0.229. The molecule has 0 aromatic carbocycles. The number of aryl methyl sites for hydroxylation is 1. The normalized spacial score (nSPS) is 11.4. The predicted octanol–water partition coefficient (Wildman–Crippen LogP) is 1.72. The highest BCUT2D eigenvalue weighted by atomic mass is 16.1. The molecular formula is C12H11N7O. The molecule has 0 atom stereocenters. The van der Waals surface area contributed by atoms with E-state index in [1.807, 2.05) is 0 Å². The average molecular weight is 269 g/mol. The zero-order valence-corrected chi connectivity index (χ0v) is 10.6. The number of aromatic nitrogens is 4. The summed E-state index contributed by atoms with van der Waals surface area (Å²) in [6.45, 7) is 1.73. The summed E-state index contributed by atoms with van der Waals surface area (Å²) in [6, 6.07) is 4.91. The summed E-state index contributed by atoms with van der Waals surface area (Å²) >= 11 is 0. The van der Waals surface area contributed by atoms with Gasteiger partial charge in [0.2, 0.25) is 0 Å². The minimum Gasteiger partial charge on any atom is -0.382 e. The highest BCUT2D eigenvalue weighted by Gasteiger charge is 2.12. The molecule has 3 heterocycles. The van der Waals surface area contributed by atoms with Crippen LogP contribution >= 0.6 is 0 Å². The fraction of sp³-hybridized carbons (Fsp3) is 0.0833. The fourth-order valence-electron chi connectivity index (χ4n) is 1.78. The van der Waals surface area contributed by atoms with E-state index in [0.29, 0.717) is 22.7 Å². The van der Waals surface area contributed by atoms with E-state index in [4.69, 9.17) is 5.73 Å². The van der Waals surface area contributed by atoms with Gasteiger partial charge in [0, 0.05) is 18.0 Å². The van der Waals surface area contributed by atoms with Crippen molar-refractivity contribution in [2.75, 3.05) is 5.73 Å². The lowest BCUT2D eigenvalue weighted by Gasteiger charge is -1.94. The maximum Gasteiger partial charge on any atom is 0.273 e. The second kappa shape index (κ2) is 4.57. The molecule has 0 aliphatic heterocycles. The van der Waals surface area contributed by atoms with Crippen LogP contribution in [0.5, 0.6) is 0 Å². The third-order valence-corrected chi connectivity index (χ3v) is 2.66. The number of hydrogen-bond acceptors (Lipinski definition) is 6. The van der Waals surface area contributed by atoms with Gasteiger partial charge in [0.05, 0.1) is 6.20 Å². The van der Waals surface area contributed by atoms with Crippen LogP contribution in [0.2, 0.25) is 0 Å². The molecule has 100 valence electrons. The molecule has 0 saturated heterocycles. The molecule has 20 heavy (non-hydrogen) atoms. The highest BCUT2D eigenvalue weighted by molar-refractivity contribution is 5.75. The van der Waals surface area contributed by atoms with Gasteiger partial charge in [0.15, 0.2) is 11.3 Å². The van der Waals surface area contributed by atoms with E-state index >= 15 is 0 Å². The van der Waals surface area contributed by atoms with Crippen molar-refractivity contribution in [2.45, 2.75) is 6.92 Å². The van der Waals surface area contributed by atoms with Gasteiger partial charge in [0.1, 0.15) is 11.5 Å². The Bertz CT molecular complexity index is 847. The number of fused-ring (bicyclic) bond motifs is 1. The number of nitrogens with two attached hydrogens (primary N) is 1. The van der Waals surface area contributed by atoms with Gasteiger partial charge in [-0.25, -0.2) is 4.98 Å². The van der Waals surface area contributed by atoms with Gasteiger partial charge in [-0.15, -0.1) is 10.2 Å². The first-order chi connectivity index (χ1) is 9.65. The third kappa shape index (κ3) is 2.03. The zero-order chi connectivity index (χ0) is 14.1. The zero-order valence-electron chi connectivity index (χ0n) is 10.6. The average Bonchev–Trinajstić information content (AvgIpc) is 2.74. The largest absolute Gasteiger partial charge is 0.382 e. The Morgan fingerprint density at radius 3 is 3.00 bits per heavy atom. The number of nitrogen functional groups attached to an aromatic ring is 1. The monoisotopic (exact) mass is 269 g/mol. The van der Waals surface area contributed by atoms with Crippen molar-refractivity contribution in [1.82, 2.24) is 19.6 Å². The van der Waals surface area contributed by atoms with E-state index in [1.165, 1.54) is 10.6 Å². The molecule has 3 aromatic rings. The lowest BCUT2D eigenvalue weighted by Crippen LogP contribution is -2.14. The van der Waals surface area contributed by atoms with Crippen LogP contribution < -0.4 is 11.3 Å². The Morgan fingerprint density at radius 1 is 1.40 bits per heavy atom. The van der Waals surface area contributed by atoms with Gasteiger partial charge >= 0.3 is 0 Å². The van der Waals surface area contributed by atoms with E-state index in [2.05, 4.69) is 25.3 Å². The van der Waals surface area contributed by atoms with E-state index in [1.54, 1.807) is 31.5 Å². The first kappa shape index (κ1) is 12.0. The lowest BCUT2D eigenvalue weighted by atomic mass is 10.4. The van der Waals surface area contributed by atoms with E-state index in [9.17, 15) is 4.79 Å². The van der Waals surface area contributed by atoms with Crippen LogP contribution in [0.3, 0.4) is 0 Å². The van der Waals surface area contributed by atoms with Gasteiger partial charge in [-0.1, -0.05) is 0 Å². The van der Waals surface area contributed by atoms with E-state index in [-0.39, 0.29) is 11.4 Å². The standard InChI is InChI=1S/C12H11N7O/c1-7-5-9(20)19-12(15-7)10(11(13)18-19)17-16-8-3-2-4-14-6-8/h2-6,18H,13H2,1H3. The van der Waals surface area contributed by atoms with Crippen molar-refractivity contribution in [1.29, 1.82) is 0 Å². The molecule has 0 fully saturated rings. The Hall–Kier alpha value is -3.03. The first-order valence-corrected chi connectivity index (χ1v) is 5.85. The molecule has 0 aliphatic rings. The number of nitrogens with one attached hydrogen (secondary N) is 1. The summed E-state index contributed by atoms with van der Waals surface area (Å²) in [6.07, 6.45) is 3.21. The number of H-pyrrole nitrogens is 1. The van der Waals surface area contributed by atoms with Gasteiger partial charge < -0.3 is 5.73 Å². The van der Waals surface area contributed by atoms with Crippen LogP contribution in [0.4, 0.5) is 17.2 Å². The summed E-state index contributed by atoms with van der Waals surface area (Å²) in [5.74, 6) is 0.229. The molecule has 8 heteroatoms. The number of hydrogen-bond donors (Lipinski definition) is 2. The first-order valence-electron chi connectivity index (χ1n) is 5.85. The van der Waals surface area contributed by atoms with Crippen molar-refractivity contribution in [3.8, 4) is 0 Å². The fourth-order valence-corrected chi connectivity index (χ4v) is 1.78. The minimum atomic E-state index is -0.248. The van der Waals surface area contributed by atoms with Crippen LogP contribution in [0.25, 0.3) is 5.65 Å². The molecule has 3 aromatic heterocycles. The lowest BCUT2D eigenvalue weighted by molar-refractivity contribution is 0.894. The molecule has 3 rings (SSSR count). The van der Waals surface area contributed by atoms with Crippen LogP contribution in [-0.4, -0.2) is 19.6 Å².